The van der Waals surface area contributed by atoms with Gasteiger partial charge in [0, 0.05) is 11.1 Å². The van der Waals surface area contributed by atoms with Crippen LogP contribution in [0.25, 0.3) is 11.4 Å². The van der Waals surface area contributed by atoms with Gasteiger partial charge in [-0.05, 0) is 67.8 Å². The van der Waals surface area contributed by atoms with Gasteiger partial charge in [0.15, 0.2) is 5.78 Å². The van der Waals surface area contributed by atoms with Crippen LogP contribution >= 0.6 is 0 Å². The van der Waals surface area contributed by atoms with Crippen molar-refractivity contribution >= 4 is 5.78 Å². The number of aromatic amines is 1. The standard InChI is InChI=1S/C22H26N4O4/c1-3-6-19-20(12-11-18(15(2)27)21(19)28)30-14-5-4-13-29-17-9-7-16(8-10-17)22-23-25-26-24-22/h7-12,28H,3-6,13-14H2,1-2H3,(H,23,24,25,26). The van der Waals surface area contributed by atoms with Crippen LogP contribution in [0.5, 0.6) is 17.2 Å². The Morgan fingerprint density at radius 1 is 1.07 bits per heavy atom. The van der Waals surface area contributed by atoms with Crippen molar-refractivity contribution in [3.8, 4) is 28.6 Å². The number of hydrogen-bond donors (Lipinski definition) is 2. The lowest BCUT2D eigenvalue weighted by atomic mass is 10.0. The van der Waals surface area contributed by atoms with E-state index in [4.69, 9.17) is 9.47 Å². The van der Waals surface area contributed by atoms with Crippen LogP contribution in [0.1, 0.15) is 49.0 Å². The zero-order chi connectivity index (χ0) is 21.3. The first-order chi connectivity index (χ1) is 14.6. The summed E-state index contributed by atoms with van der Waals surface area (Å²) in [6, 6.07) is 10.9. The van der Waals surface area contributed by atoms with Crippen molar-refractivity contribution in [3.63, 3.8) is 0 Å². The molecule has 2 aromatic carbocycles. The number of ether oxygens (including phenoxy) is 2. The molecule has 3 rings (SSSR count). The summed E-state index contributed by atoms with van der Waals surface area (Å²) < 4.78 is 11.6. The van der Waals surface area contributed by atoms with E-state index < -0.39 is 0 Å². The molecule has 158 valence electrons. The maximum atomic E-state index is 11.6. The summed E-state index contributed by atoms with van der Waals surface area (Å²) in [6.07, 6.45) is 3.14. The Morgan fingerprint density at radius 2 is 1.80 bits per heavy atom. The molecule has 30 heavy (non-hydrogen) atoms. The van der Waals surface area contributed by atoms with Gasteiger partial charge in [0.1, 0.15) is 17.2 Å². The summed E-state index contributed by atoms with van der Waals surface area (Å²) in [6.45, 7) is 4.55. The van der Waals surface area contributed by atoms with Crippen LogP contribution in [0.3, 0.4) is 0 Å². The monoisotopic (exact) mass is 410 g/mol. The molecule has 8 heteroatoms. The molecule has 0 spiro atoms. The van der Waals surface area contributed by atoms with Gasteiger partial charge in [0.2, 0.25) is 5.82 Å². The molecule has 0 saturated carbocycles. The second kappa shape index (κ2) is 10.4. The minimum atomic E-state index is -0.154. The number of Topliss-reactive ketones (excluding diaryl/α,β-unsaturated/α-hetero) is 1. The summed E-state index contributed by atoms with van der Waals surface area (Å²) in [5.41, 5.74) is 1.90. The minimum Gasteiger partial charge on any atom is -0.507 e. The molecule has 0 aliphatic carbocycles. The molecule has 1 heterocycles. The van der Waals surface area contributed by atoms with Gasteiger partial charge in [0.25, 0.3) is 0 Å². The number of phenolic OH excluding ortho intramolecular Hbond substituents is 1. The van der Waals surface area contributed by atoms with E-state index in [1.165, 1.54) is 6.92 Å². The lowest BCUT2D eigenvalue weighted by Gasteiger charge is -2.14. The minimum absolute atomic E-state index is 0.0365. The van der Waals surface area contributed by atoms with E-state index in [1.54, 1.807) is 12.1 Å². The highest BCUT2D eigenvalue weighted by Crippen LogP contribution is 2.33. The molecule has 0 unspecified atom stereocenters. The van der Waals surface area contributed by atoms with Crippen LogP contribution in [0.4, 0.5) is 0 Å². The topological polar surface area (TPSA) is 110 Å². The van der Waals surface area contributed by atoms with Crippen LogP contribution in [-0.4, -0.2) is 44.7 Å². The van der Waals surface area contributed by atoms with Gasteiger partial charge < -0.3 is 14.6 Å². The van der Waals surface area contributed by atoms with Crippen molar-refractivity contribution in [2.75, 3.05) is 13.2 Å². The molecule has 0 bridgehead atoms. The summed E-state index contributed by atoms with van der Waals surface area (Å²) in [4.78, 5) is 11.6. The van der Waals surface area contributed by atoms with Gasteiger partial charge in [0.05, 0.1) is 18.8 Å². The molecule has 8 nitrogen and oxygen atoms in total. The number of hydrogen-bond acceptors (Lipinski definition) is 7. The largest absolute Gasteiger partial charge is 0.507 e. The van der Waals surface area contributed by atoms with Crippen molar-refractivity contribution in [1.82, 2.24) is 20.6 Å². The molecule has 0 saturated heterocycles. The first kappa shape index (κ1) is 21.3. The predicted molar refractivity (Wildman–Crippen MR) is 112 cm³/mol. The van der Waals surface area contributed by atoms with Crippen molar-refractivity contribution < 1.29 is 19.4 Å². The van der Waals surface area contributed by atoms with E-state index in [2.05, 4.69) is 20.6 Å². The number of H-pyrrole nitrogens is 1. The Balaban J connectivity index is 1.44. The number of aromatic hydroxyl groups is 1. The van der Waals surface area contributed by atoms with Gasteiger partial charge in [-0.2, -0.15) is 5.21 Å². The van der Waals surface area contributed by atoms with E-state index in [9.17, 15) is 9.90 Å². The fraction of sp³-hybridized carbons (Fsp3) is 0.364. The zero-order valence-corrected chi connectivity index (χ0v) is 17.2. The summed E-state index contributed by atoms with van der Waals surface area (Å²) in [5.74, 6) is 1.84. The Labute approximate surface area is 175 Å². The molecule has 0 fully saturated rings. The molecule has 2 N–H and O–H groups in total. The number of aromatic nitrogens is 4. The Kier molecular flexibility index (Phi) is 7.37. The number of unbranched alkanes of at least 4 members (excludes halogenated alkanes) is 1. The lowest BCUT2D eigenvalue weighted by molar-refractivity contribution is 0.101. The quantitative estimate of drug-likeness (QED) is 0.363. The molecule has 0 radical (unpaired) electrons. The second-order valence-corrected chi connectivity index (χ2v) is 6.91. The molecular formula is C22H26N4O4. The third kappa shape index (κ3) is 5.34. The molecule has 1 aromatic heterocycles. The Bertz CT molecular complexity index is 956. The lowest BCUT2D eigenvalue weighted by Crippen LogP contribution is -2.05. The SMILES string of the molecule is CCCc1c(OCCCCOc2ccc(-c3nn[nH]n3)cc2)ccc(C(C)=O)c1O. The third-order valence-electron chi connectivity index (χ3n) is 4.64. The van der Waals surface area contributed by atoms with Gasteiger partial charge in [-0.25, -0.2) is 0 Å². The summed E-state index contributed by atoms with van der Waals surface area (Å²) in [7, 11) is 0. The number of benzene rings is 2. The highest BCUT2D eigenvalue weighted by molar-refractivity contribution is 5.97. The number of ketones is 1. The number of tetrazole rings is 1. The highest BCUT2D eigenvalue weighted by Gasteiger charge is 2.15. The predicted octanol–water partition coefficient (Wildman–Crippen LogP) is 3.97. The number of carbonyl (C=O) groups excluding carboxylic acids is 1. The molecular weight excluding hydrogens is 384 g/mol. The maximum absolute atomic E-state index is 11.6. The third-order valence-corrected chi connectivity index (χ3v) is 4.64. The van der Waals surface area contributed by atoms with E-state index in [1.807, 2.05) is 31.2 Å². The number of rotatable bonds is 11. The zero-order valence-electron chi connectivity index (χ0n) is 17.2. The van der Waals surface area contributed by atoms with Gasteiger partial charge in [-0.1, -0.05) is 13.3 Å². The fourth-order valence-electron chi connectivity index (χ4n) is 3.09. The first-order valence-electron chi connectivity index (χ1n) is 10.1. The number of phenols is 1. The number of carbonyl (C=O) groups is 1. The average Bonchev–Trinajstić information content (AvgIpc) is 3.28. The summed E-state index contributed by atoms with van der Waals surface area (Å²) >= 11 is 0. The smallest absolute Gasteiger partial charge is 0.204 e. The molecule has 3 aromatic rings. The maximum Gasteiger partial charge on any atom is 0.204 e. The van der Waals surface area contributed by atoms with Crippen molar-refractivity contribution in [3.05, 3.63) is 47.5 Å². The molecule has 0 atom stereocenters. The van der Waals surface area contributed by atoms with E-state index in [-0.39, 0.29) is 11.5 Å². The van der Waals surface area contributed by atoms with Crippen LogP contribution in [0.15, 0.2) is 36.4 Å². The van der Waals surface area contributed by atoms with E-state index in [0.29, 0.717) is 42.3 Å². The van der Waals surface area contributed by atoms with Gasteiger partial charge >= 0.3 is 0 Å². The second-order valence-electron chi connectivity index (χ2n) is 6.91. The molecule has 0 aliphatic rings. The van der Waals surface area contributed by atoms with E-state index in [0.717, 1.165) is 30.6 Å². The Hall–Kier alpha value is -3.42. The van der Waals surface area contributed by atoms with Crippen LogP contribution < -0.4 is 9.47 Å². The van der Waals surface area contributed by atoms with Crippen molar-refractivity contribution in [1.29, 1.82) is 0 Å². The van der Waals surface area contributed by atoms with Crippen LogP contribution in [0, 0.1) is 0 Å². The van der Waals surface area contributed by atoms with Crippen molar-refractivity contribution in [2.24, 2.45) is 0 Å². The van der Waals surface area contributed by atoms with Crippen LogP contribution in [-0.2, 0) is 6.42 Å². The number of nitrogens with zero attached hydrogens (tertiary/aromatic N) is 3. The van der Waals surface area contributed by atoms with Gasteiger partial charge in [-0.3, -0.25) is 4.79 Å². The number of nitrogens with one attached hydrogen (secondary N) is 1. The summed E-state index contributed by atoms with van der Waals surface area (Å²) in [5, 5.41) is 24.2. The van der Waals surface area contributed by atoms with Crippen molar-refractivity contribution in [2.45, 2.75) is 39.5 Å². The first-order valence-corrected chi connectivity index (χ1v) is 10.1. The average molecular weight is 410 g/mol. The molecule has 0 aliphatic heterocycles. The van der Waals surface area contributed by atoms with E-state index >= 15 is 0 Å². The Morgan fingerprint density at radius 3 is 2.43 bits per heavy atom. The van der Waals surface area contributed by atoms with Crippen LogP contribution in [0.2, 0.25) is 0 Å². The fourth-order valence-corrected chi connectivity index (χ4v) is 3.09. The normalized spacial score (nSPS) is 10.7. The van der Waals surface area contributed by atoms with Gasteiger partial charge in [-0.15, -0.1) is 10.2 Å². The molecule has 0 amide bonds. The highest BCUT2D eigenvalue weighted by atomic mass is 16.5.